The lowest BCUT2D eigenvalue weighted by Gasteiger charge is -2.44. The van der Waals surface area contributed by atoms with Crippen molar-refractivity contribution >= 4 is 30.0 Å². The number of ketones is 1. The van der Waals surface area contributed by atoms with E-state index in [2.05, 4.69) is 29.8 Å². The number of nitrogens with zero attached hydrogens (tertiary/aromatic N) is 1. The number of halogens is 2. The number of amides is 5. The zero-order chi connectivity index (χ0) is 40.8. The Balaban J connectivity index is 0.00000107. The second-order valence-electron chi connectivity index (χ2n) is 14.8. The maximum absolute atomic E-state index is 15.8. The average molecular weight is 752 g/mol. The molecule has 1 saturated heterocycles. The molecule has 0 spiro atoms. The van der Waals surface area contributed by atoms with Gasteiger partial charge in [-0.05, 0) is 56.8 Å². The normalized spacial score (nSPS) is 18.6. The number of Topliss-reactive ketones (excluding diaryl/α,β-unsaturated/α-hetero) is 1. The molecule has 5 N–H and O–H groups in total. The molecular formula is C41H71F2N5O5. The van der Waals surface area contributed by atoms with Crippen molar-refractivity contribution in [1.29, 1.82) is 0 Å². The second-order valence-corrected chi connectivity index (χ2v) is 14.8. The van der Waals surface area contributed by atoms with Crippen molar-refractivity contribution in [2.75, 3.05) is 6.54 Å². The predicted octanol–water partition coefficient (Wildman–Crippen LogP) is 8.02. The number of rotatable bonds is 12. The lowest BCUT2D eigenvalue weighted by Crippen LogP contribution is -2.65. The highest BCUT2D eigenvalue weighted by atomic mass is 19.3. The van der Waals surface area contributed by atoms with Crippen LogP contribution in [0.1, 0.15) is 152 Å². The number of carbonyl (C=O) groups is 5. The Kier molecular flexibility index (Phi) is 23.0. The van der Waals surface area contributed by atoms with Gasteiger partial charge in [0.05, 0.1) is 6.04 Å². The van der Waals surface area contributed by atoms with Crippen LogP contribution >= 0.6 is 0 Å². The molecule has 2 saturated carbocycles. The summed E-state index contributed by atoms with van der Waals surface area (Å²) in [6, 6.07) is 5.58. The summed E-state index contributed by atoms with van der Waals surface area (Å²) in [6.07, 6.45) is 9.77. The number of likely N-dealkylation sites (tertiary alicyclic amines) is 1. The fourth-order valence-electron chi connectivity index (χ4n) is 6.41. The van der Waals surface area contributed by atoms with Crippen molar-refractivity contribution in [2.45, 2.75) is 176 Å². The second kappa shape index (κ2) is 24.7. The van der Waals surface area contributed by atoms with Crippen LogP contribution in [0.3, 0.4) is 0 Å². The molecule has 12 heteroatoms. The van der Waals surface area contributed by atoms with Gasteiger partial charge in [-0.25, -0.2) is 4.79 Å². The number of carbonyl (C=O) groups excluding carboxylic acids is 5. The smallest absolute Gasteiger partial charge is 0.316 e. The zero-order valence-corrected chi connectivity index (χ0v) is 34.3. The lowest BCUT2D eigenvalue weighted by molar-refractivity contribution is -0.137. The molecule has 1 aliphatic heterocycles. The summed E-state index contributed by atoms with van der Waals surface area (Å²) in [5, 5.41) is 7.75. The third kappa shape index (κ3) is 15.7. The molecule has 304 valence electrons. The van der Waals surface area contributed by atoms with Crippen molar-refractivity contribution in [3.63, 3.8) is 0 Å². The molecule has 0 aromatic heterocycles. The molecule has 53 heavy (non-hydrogen) atoms. The van der Waals surface area contributed by atoms with Crippen LogP contribution < -0.4 is 21.7 Å². The highest BCUT2D eigenvalue weighted by Crippen LogP contribution is 2.47. The highest BCUT2D eigenvalue weighted by Gasteiger charge is 2.56. The first kappa shape index (κ1) is 49.4. The van der Waals surface area contributed by atoms with E-state index in [4.69, 9.17) is 5.73 Å². The average Bonchev–Trinajstić information content (AvgIpc) is 3.88. The van der Waals surface area contributed by atoms with E-state index in [1.165, 1.54) is 31.4 Å². The molecule has 0 bridgehead atoms. The fraction of sp³-hybridized carbons (Fsp3) is 0.732. The Bertz CT molecular complexity index is 1230. The Morgan fingerprint density at radius 2 is 1.49 bits per heavy atom. The fourth-order valence-corrected chi connectivity index (χ4v) is 6.41. The number of nitrogens with two attached hydrogens (primary N) is 1. The van der Waals surface area contributed by atoms with Gasteiger partial charge in [-0.2, -0.15) is 8.78 Å². The highest BCUT2D eigenvalue weighted by molar-refractivity contribution is 6.37. The third-order valence-electron chi connectivity index (χ3n) is 9.41. The van der Waals surface area contributed by atoms with Crippen LogP contribution in [0.25, 0.3) is 0 Å². The van der Waals surface area contributed by atoms with Crippen LogP contribution in [0.2, 0.25) is 0 Å². The minimum Gasteiger partial charge on any atom is -0.363 e. The summed E-state index contributed by atoms with van der Waals surface area (Å²) in [6.45, 7) is 20.6. The van der Waals surface area contributed by atoms with Crippen molar-refractivity contribution in [1.82, 2.24) is 20.9 Å². The molecule has 0 radical (unpaired) electrons. The minimum absolute atomic E-state index is 0.100. The maximum atomic E-state index is 15.8. The molecule has 1 aromatic carbocycles. The van der Waals surface area contributed by atoms with Crippen LogP contribution in [0.5, 0.6) is 0 Å². The van der Waals surface area contributed by atoms with E-state index < -0.39 is 46.7 Å². The SMILES string of the molecule is CC.CC.CCC.C[C@@H]1CCCN1C(=O)C(NC(=O)NC1(C(F)(F)c2ccccc2)CCCCC1)C(C)(C)C.NC(=O)C(=O)C(CCC1CC1)NC=O. The van der Waals surface area contributed by atoms with Gasteiger partial charge in [-0.3, -0.25) is 19.2 Å². The van der Waals surface area contributed by atoms with E-state index in [0.29, 0.717) is 38.1 Å². The van der Waals surface area contributed by atoms with Crippen molar-refractivity contribution < 1.29 is 32.8 Å². The molecule has 1 heterocycles. The van der Waals surface area contributed by atoms with Gasteiger partial charge < -0.3 is 26.6 Å². The Morgan fingerprint density at radius 1 is 0.943 bits per heavy atom. The number of hydrogen-bond acceptors (Lipinski definition) is 5. The number of hydrogen-bond donors (Lipinski definition) is 4. The van der Waals surface area contributed by atoms with Gasteiger partial charge in [0.15, 0.2) is 0 Å². The van der Waals surface area contributed by atoms with E-state index in [1.54, 1.807) is 23.1 Å². The van der Waals surface area contributed by atoms with Crippen molar-refractivity contribution in [2.24, 2.45) is 17.1 Å². The largest absolute Gasteiger partial charge is 0.363 e. The summed E-state index contributed by atoms with van der Waals surface area (Å²) < 4.78 is 31.5. The Labute approximate surface area is 318 Å². The van der Waals surface area contributed by atoms with E-state index in [0.717, 1.165) is 25.7 Å². The van der Waals surface area contributed by atoms with Gasteiger partial charge in [-0.15, -0.1) is 0 Å². The van der Waals surface area contributed by atoms with Crippen LogP contribution in [0.4, 0.5) is 13.6 Å². The number of benzene rings is 1. The number of primary amides is 1. The number of urea groups is 1. The van der Waals surface area contributed by atoms with Gasteiger partial charge in [0.2, 0.25) is 18.1 Å². The van der Waals surface area contributed by atoms with E-state index >= 15 is 8.78 Å². The van der Waals surface area contributed by atoms with Crippen molar-refractivity contribution in [3.8, 4) is 0 Å². The van der Waals surface area contributed by atoms with Gasteiger partial charge in [0.1, 0.15) is 11.6 Å². The summed E-state index contributed by atoms with van der Waals surface area (Å²) in [7, 11) is 0. The monoisotopic (exact) mass is 752 g/mol. The van der Waals surface area contributed by atoms with E-state index in [-0.39, 0.29) is 30.4 Å². The molecular weight excluding hydrogens is 680 g/mol. The third-order valence-corrected chi connectivity index (χ3v) is 9.41. The predicted molar refractivity (Wildman–Crippen MR) is 209 cm³/mol. The number of alkyl halides is 2. The van der Waals surface area contributed by atoms with Gasteiger partial charge in [0, 0.05) is 18.2 Å². The standard InChI is InChI=1S/C25H37F2N3O2.C9H14N2O3.C3H8.2C2H6/c1-18-12-11-17-30(18)21(31)20(23(2,3)4)28-22(32)29-24(15-9-6-10-16-24)25(26,27)19-13-7-5-8-14-19;10-9(14)8(13)7(11-5-12)4-3-6-1-2-6;1-3-2;2*1-2/h5,7-8,13-14,18,20H,6,9-12,15-17H2,1-4H3,(H2,28,29,32);5-7H,1-4H2,(H2,10,14)(H,11,12);3H2,1-2H3;2*1-2H3/t18-,20?;;;;/m1..../s1. The van der Waals surface area contributed by atoms with Gasteiger partial charge in [0.25, 0.3) is 11.8 Å². The molecule has 1 aromatic rings. The first-order chi connectivity index (χ1) is 25.0. The quantitative estimate of drug-likeness (QED) is 0.126. The van der Waals surface area contributed by atoms with Crippen LogP contribution in [0.15, 0.2) is 30.3 Å². The van der Waals surface area contributed by atoms with E-state index in [9.17, 15) is 24.0 Å². The van der Waals surface area contributed by atoms with E-state index in [1.807, 2.05) is 55.4 Å². The summed E-state index contributed by atoms with van der Waals surface area (Å²) in [4.78, 5) is 60.1. The first-order valence-electron chi connectivity index (χ1n) is 19.9. The zero-order valence-electron chi connectivity index (χ0n) is 34.3. The molecule has 5 amide bonds. The van der Waals surface area contributed by atoms with Crippen LogP contribution in [-0.4, -0.2) is 65.1 Å². The Morgan fingerprint density at radius 3 is 1.92 bits per heavy atom. The topological polar surface area (TPSA) is 151 Å². The number of nitrogens with one attached hydrogen (secondary N) is 3. The molecule has 2 unspecified atom stereocenters. The molecule has 3 atom stereocenters. The molecule has 3 aliphatic rings. The maximum Gasteiger partial charge on any atom is 0.316 e. The van der Waals surface area contributed by atoms with Crippen LogP contribution in [-0.2, 0) is 25.1 Å². The Hall–Kier alpha value is -3.57. The molecule has 3 fully saturated rings. The van der Waals surface area contributed by atoms with Crippen LogP contribution in [0, 0.1) is 11.3 Å². The summed E-state index contributed by atoms with van der Waals surface area (Å²) in [5.41, 5.74) is 2.51. The van der Waals surface area contributed by atoms with Crippen molar-refractivity contribution in [3.05, 3.63) is 35.9 Å². The first-order valence-corrected chi connectivity index (χ1v) is 19.9. The minimum atomic E-state index is -3.23. The molecule has 4 rings (SSSR count). The van der Waals surface area contributed by atoms with Gasteiger partial charge in [-0.1, -0.05) is 131 Å². The summed E-state index contributed by atoms with van der Waals surface area (Å²) >= 11 is 0. The van der Waals surface area contributed by atoms with Gasteiger partial charge >= 0.3 is 6.03 Å². The lowest BCUT2D eigenvalue weighted by atomic mass is 9.74. The molecule has 10 nitrogen and oxygen atoms in total. The summed E-state index contributed by atoms with van der Waals surface area (Å²) in [5.74, 6) is -4.41. The molecule has 2 aliphatic carbocycles.